The molecule has 29 heavy (non-hydrogen) atoms. The van der Waals surface area contributed by atoms with Crippen molar-refractivity contribution in [2.75, 3.05) is 13.7 Å². The fraction of sp³-hybridized carbons (Fsp3) is 0.208. The Labute approximate surface area is 174 Å². The standard InChI is InChI=1S/C24H24N2O2S/c1-28-20-9-5-8-19(16-20)10-13-25-24(27)22-17-23-21(12-15-29-23)26(22)14-11-18-6-3-2-4-7-18/h2-9,12,15-17H,10-11,13-14H2,1H3,(H,25,27). The second-order valence-corrected chi connectivity index (χ2v) is 7.89. The lowest BCUT2D eigenvalue weighted by atomic mass is 10.1. The zero-order chi connectivity index (χ0) is 20.1. The molecule has 0 radical (unpaired) electrons. The van der Waals surface area contributed by atoms with Gasteiger partial charge in [-0.1, -0.05) is 42.5 Å². The van der Waals surface area contributed by atoms with Crippen LogP contribution in [0.3, 0.4) is 0 Å². The number of carbonyl (C=O) groups excluding carboxylic acids is 1. The monoisotopic (exact) mass is 404 g/mol. The summed E-state index contributed by atoms with van der Waals surface area (Å²) < 4.78 is 8.55. The number of benzene rings is 2. The van der Waals surface area contributed by atoms with Crippen LogP contribution >= 0.6 is 11.3 Å². The van der Waals surface area contributed by atoms with Crippen molar-refractivity contribution < 1.29 is 9.53 Å². The molecule has 148 valence electrons. The Kier molecular flexibility index (Phi) is 5.96. The molecule has 0 aliphatic rings. The van der Waals surface area contributed by atoms with Crippen LogP contribution in [0.2, 0.25) is 0 Å². The summed E-state index contributed by atoms with van der Waals surface area (Å²) in [5, 5.41) is 5.16. The number of fused-ring (bicyclic) bond motifs is 1. The lowest BCUT2D eigenvalue weighted by Gasteiger charge is -2.11. The number of rotatable bonds is 8. The number of nitrogens with one attached hydrogen (secondary N) is 1. The van der Waals surface area contributed by atoms with E-state index in [0.717, 1.165) is 46.6 Å². The molecule has 1 amide bonds. The third-order valence-corrected chi connectivity index (χ3v) is 5.91. The molecule has 0 bridgehead atoms. The molecule has 4 nitrogen and oxygen atoms in total. The molecule has 0 aliphatic carbocycles. The number of ether oxygens (including phenoxy) is 1. The maximum atomic E-state index is 12.9. The summed E-state index contributed by atoms with van der Waals surface area (Å²) in [6, 6.07) is 22.4. The van der Waals surface area contributed by atoms with Crippen LogP contribution in [0.1, 0.15) is 21.6 Å². The maximum Gasteiger partial charge on any atom is 0.267 e. The van der Waals surface area contributed by atoms with Crippen molar-refractivity contribution in [3.8, 4) is 5.75 Å². The van der Waals surface area contributed by atoms with Gasteiger partial charge in [0.1, 0.15) is 11.4 Å². The summed E-state index contributed by atoms with van der Waals surface area (Å²) in [6.45, 7) is 1.37. The molecule has 0 atom stereocenters. The number of thiophene rings is 1. The van der Waals surface area contributed by atoms with Crippen molar-refractivity contribution in [3.05, 3.63) is 88.9 Å². The molecule has 0 unspecified atom stereocenters. The Morgan fingerprint density at radius 3 is 2.66 bits per heavy atom. The van der Waals surface area contributed by atoms with Gasteiger partial charge in [0, 0.05) is 13.1 Å². The Morgan fingerprint density at radius 2 is 1.83 bits per heavy atom. The van der Waals surface area contributed by atoms with Gasteiger partial charge in [0.2, 0.25) is 0 Å². The van der Waals surface area contributed by atoms with Gasteiger partial charge in [-0.05, 0) is 53.6 Å². The lowest BCUT2D eigenvalue weighted by molar-refractivity contribution is 0.0945. The van der Waals surface area contributed by atoms with Crippen molar-refractivity contribution >= 4 is 27.5 Å². The van der Waals surface area contributed by atoms with E-state index in [0.29, 0.717) is 6.54 Å². The van der Waals surface area contributed by atoms with Crippen molar-refractivity contribution in [2.45, 2.75) is 19.4 Å². The van der Waals surface area contributed by atoms with E-state index in [9.17, 15) is 4.79 Å². The topological polar surface area (TPSA) is 43.3 Å². The maximum absolute atomic E-state index is 12.9. The Morgan fingerprint density at radius 1 is 1.00 bits per heavy atom. The molecule has 0 spiro atoms. The van der Waals surface area contributed by atoms with Crippen molar-refractivity contribution in [3.63, 3.8) is 0 Å². The van der Waals surface area contributed by atoms with Gasteiger partial charge in [0.05, 0.1) is 17.3 Å². The molecule has 5 heteroatoms. The summed E-state index contributed by atoms with van der Waals surface area (Å²) >= 11 is 1.67. The van der Waals surface area contributed by atoms with Gasteiger partial charge in [-0.2, -0.15) is 0 Å². The van der Waals surface area contributed by atoms with Gasteiger partial charge in [0.25, 0.3) is 5.91 Å². The highest BCUT2D eigenvalue weighted by Gasteiger charge is 2.16. The fourth-order valence-electron chi connectivity index (χ4n) is 3.53. The molecule has 2 aromatic heterocycles. The van der Waals surface area contributed by atoms with E-state index in [1.165, 1.54) is 5.56 Å². The van der Waals surface area contributed by atoms with Crippen LogP contribution in [-0.2, 0) is 19.4 Å². The summed E-state index contributed by atoms with van der Waals surface area (Å²) in [6.07, 6.45) is 1.66. The summed E-state index contributed by atoms with van der Waals surface area (Å²) in [5.41, 5.74) is 4.27. The predicted molar refractivity (Wildman–Crippen MR) is 119 cm³/mol. The Balaban J connectivity index is 1.44. The number of nitrogens with zero attached hydrogens (tertiary/aromatic N) is 1. The van der Waals surface area contributed by atoms with Crippen LogP contribution in [-0.4, -0.2) is 24.1 Å². The van der Waals surface area contributed by atoms with Crippen LogP contribution in [0.5, 0.6) is 5.75 Å². The van der Waals surface area contributed by atoms with Gasteiger partial charge in [0.15, 0.2) is 0 Å². The first-order chi connectivity index (χ1) is 14.2. The first kappa shape index (κ1) is 19.3. The van der Waals surface area contributed by atoms with E-state index in [1.54, 1.807) is 18.4 Å². The number of methoxy groups -OCH3 is 1. The molecule has 0 saturated heterocycles. The molecule has 2 heterocycles. The molecule has 1 N–H and O–H groups in total. The second kappa shape index (κ2) is 8.97. The molecular formula is C24H24N2O2S. The van der Waals surface area contributed by atoms with Crippen LogP contribution < -0.4 is 10.1 Å². The van der Waals surface area contributed by atoms with Crippen molar-refractivity contribution in [1.82, 2.24) is 9.88 Å². The van der Waals surface area contributed by atoms with Crippen LogP contribution in [0.15, 0.2) is 72.1 Å². The predicted octanol–water partition coefficient (Wildman–Crippen LogP) is 4.93. The number of aryl methyl sites for hydroxylation is 2. The normalized spacial score (nSPS) is 10.9. The van der Waals surface area contributed by atoms with Gasteiger partial charge in [-0.3, -0.25) is 4.79 Å². The average molecular weight is 405 g/mol. The summed E-state index contributed by atoms with van der Waals surface area (Å²) in [4.78, 5) is 12.9. The third-order valence-electron chi connectivity index (χ3n) is 5.06. The largest absolute Gasteiger partial charge is 0.497 e. The highest BCUT2D eigenvalue weighted by atomic mass is 32.1. The van der Waals surface area contributed by atoms with Crippen LogP contribution in [0.4, 0.5) is 0 Å². The van der Waals surface area contributed by atoms with E-state index in [-0.39, 0.29) is 5.91 Å². The van der Waals surface area contributed by atoms with E-state index < -0.39 is 0 Å². The minimum Gasteiger partial charge on any atom is -0.497 e. The van der Waals surface area contributed by atoms with Gasteiger partial charge < -0.3 is 14.6 Å². The third kappa shape index (κ3) is 4.51. The first-order valence-corrected chi connectivity index (χ1v) is 10.6. The van der Waals surface area contributed by atoms with E-state index >= 15 is 0 Å². The smallest absolute Gasteiger partial charge is 0.267 e. The molecular weight excluding hydrogens is 380 g/mol. The van der Waals surface area contributed by atoms with Crippen molar-refractivity contribution in [1.29, 1.82) is 0 Å². The Hall–Kier alpha value is -3.05. The number of aromatic nitrogens is 1. The average Bonchev–Trinajstić information content (AvgIpc) is 3.35. The van der Waals surface area contributed by atoms with E-state index in [2.05, 4.69) is 45.6 Å². The molecule has 0 aliphatic heterocycles. The molecule has 2 aromatic carbocycles. The Bertz CT molecular complexity index is 1100. The van der Waals surface area contributed by atoms with Crippen LogP contribution in [0, 0.1) is 0 Å². The molecule has 4 rings (SSSR count). The SMILES string of the molecule is COc1cccc(CCNC(=O)c2cc3sccc3n2CCc2ccccc2)c1. The van der Waals surface area contributed by atoms with Gasteiger partial charge in [-0.25, -0.2) is 0 Å². The van der Waals surface area contributed by atoms with Gasteiger partial charge in [-0.15, -0.1) is 11.3 Å². The zero-order valence-electron chi connectivity index (χ0n) is 16.4. The van der Waals surface area contributed by atoms with E-state index in [1.807, 2.05) is 36.4 Å². The highest BCUT2D eigenvalue weighted by molar-refractivity contribution is 7.17. The summed E-state index contributed by atoms with van der Waals surface area (Å²) in [5.74, 6) is 0.813. The quantitative estimate of drug-likeness (QED) is 0.453. The molecule has 4 aromatic rings. The second-order valence-electron chi connectivity index (χ2n) is 6.94. The van der Waals surface area contributed by atoms with E-state index in [4.69, 9.17) is 4.74 Å². The minimum atomic E-state index is -0.0237. The zero-order valence-corrected chi connectivity index (χ0v) is 17.2. The number of hydrogen-bond acceptors (Lipinski definition) is 3. The lowest BCUT2D eigenvalue weighted by Crippen LogP contribution is -2.28. The minimum absolute atomic E-state index is 0.0237. The highest BCUT2D eigenvalue weighted by Crippen LogP contribution is 2.26. The summed E-state index contributed by atoms with van der Waals surface area (Å²) in [7, 11) is 1.66. The number of amides is 1. The first-order valence-electron chi connectivity index (χ1n) is 9.76. The van der Waals surface area contributed by atoms with Gasteiger partial charge >= 0.3 is 0 Å². The van der Waals surface area contributed by atoms with Crippen LogP contribution in [0.25, 0.3) is 10.2 Å². The van der Waals surface area contributed by atoms with Crippen molar-refractivity contribution in [2.24, 2.45) is 0 Å². The number of carbonyl (C=O) groups is 1. The molecule has 0 saturated carbocycles. The molecule has 0 fully saturated rings. The fourth-order valence-corrected chi connectivity index (χ4v) is 4.35. The number of hydrogen-bond donors (Lipinski definition) is 1.